The van der Waals surface area contributed by atoms with Gasteiger partial charge in [0.25, 0.3) is 0 Å². The molecule has 0 unspecified atom stereocenters. The van der Waals surface area contributed by atoms with Crippen molar-refractivity contribution in [1.82, 2.24) is 29.5 Å². The van der Waals surface area contributed by atoms with Crippen molar-refractivity contribution in [2.45, 2.75) is 156 Å². The van der Waals surface area contributed by atoms with Crippen LogP contribution in [0.5, 0.6) is 0 Å². The first-order chi connectivity index (χ1) is 44.7. The van der Waals surface area contributed by atoms with Gasteiger partial charge in [-0.25, -0.2) is 15.0 Å². The van der Waals surface area contributed by atoms with Crippen molar-refractivity contribution in [3.05, 3.63) is 162 Å². The molecule has 15 heteroatoms. The molecule has 3 saturated carbocycles. The Hall–Kier alpha value is -8.91. The maximum Gasteiger partial charge on any atom is 2.00 e. The van der Waals surface area contributed by atoms with Gasteiger partial charge in [0.05, 0.1) is 22.8 Å². The first kappa shape index (κ1) is 64.2. The van der Waals surface area contributed by atoms with Crippen molar-refractivity contribution in [1.29, 1.82) is 0 Å². The SMILES string of the molecule is Cc1nccn1CCCCCC(=O)Nc1ccccc1-c1c2nc(c(-c3ccccc3NC(=O)C3(C)CCCCC3)c3ccc([n-]3)c(-c3ccccc3NC(=O)C3(C)CCCCC3)c3nc(c(-c4ccccc4NC(=O)C4(C)CCCCC4)c4ccc1[n-]4)C=C3)C=C2.[Fe+2]. The molecule has 2 aliphatic heterocycles. The summed E-state index contributed by atoms with van der Waals surface area (Å²) in [7, 11) is 0. The van der Waals surface area contributed by atoms with Crippen LogP contribution in [0.15, 0.2) is 134 Å². The van der Waals surface area contributed by atoms with Gasteiger partial charge in [0.1, 0.15) is 5.82 Å². The minimum atomic E-state index is -0.529. The predicted molar refractivity (Wildman–Crippen MR) is 372 cm³/mol. The molecular formula is C78H82FeN10O4. The number of hydrogen-bond acceptors (Lipinski definition) is 7. The van der Waals surface area contributed by atoms with E-state index >= 15 is 0 Å². The summed E-state index contributed by atoms with van der Waals surface area (Å²) in [4.78, 5) is 84.9. The van der Waals surface area contributed by atoms with E-state index in [1.54, 1.807) is 0 Å². The second-order valence-electron chi connectivity index (χ2n) is 26.8. The average Bonchev–Trinajstić information content (AvgIpc) is 1.85. The molecule has 93 heavy (non-hydrogen) atoms. The monoisotopic (exact) mass is 1280 g/mol. The molecule has 13 rings (SSSR count). The molecule has 4 aromatic heterocycles. The van der Waals surface area contributed by atoms with Crippen LogP contribution in [-0.4, -0.2) is 43.1 Å². The zero-order chi connectivity index (χ0) is 63.4. The van der Waals surface area contributed by atoms with Gasteiger partial charge in [-0.05, 0) is 129 Å². The number of unbranched alkanes of at least 4 members (excludes halogenated alkanes) is 2. The van der Waals surface area contributed by atoms with Crippen molar-refractivity contribution in [2.75, 3.05) is 21.3 Å². The van der Waals surface area contributed by atoms with Crippen LogP contribution in [0, 0.1) is 23.2 Å². The molecule has 3 fully saturated rings. The van der Waals surface area contributed by atoms with Crippen LogP contribution in [0.1, 0.15) is 171 Å². The number of carbonyl (C=O) groups excluding carboxylic acids is 4. The fourth-order valence-electron chi connectivity index (χ4n) is 14.5. The summed E-state index contributed by atoms with van der Waals surface area (Å²) >= 11 is 0. The molecule has 4 amide bonds. The molecule has 3 aliphatic carbocycles. The largest absolute Gasteiger partial charge is 2.00 e. The predicted octanol–water partition coefficient (Wildman–Crippen LogP) is 18.0. The summed E-state index contributed by atoms with van der Waals surface area (Å²) in [5.41, 5.74) is 11.5. The van der Waals surface area contributed by atoms with Gasteiger partial charge >= 0.3 is 17.1 Å². The molecule has 0 atom stereocenters. The normalized spacial score (nSPS) is 16.2. The van der Waals surface area contributed by atoms with Crippen molar-refractivity contribution < 1.29 is 36.2 Å². The Morgan fingerprint density at radius 1 is 0.430 bits per heavy atom. The van der Waals surface area contributed by atoms with Crippen LogP contribution in [0.3, 0.4) is 0 Å². The number of anilines is 4. The Bertz CT molecular complexity index is 4300. The van der Waals surface area contributed by atoms with Crippen LogP contribution in [0.4, 0.5) is 22.7 Å². The van der Waals surface area contributed by atoms with E-state index in [4.69, 9.17) is 19.9 Å². The minimum Gasteiger partial charge on any atom is -0.657 e. The van der Waals surface area contributed by atoms with E-state index < -0.39 is 16.2 Å². The summed E-state index contributed by atoms with van der Waals surface area (Å²) in [6, 6.07) is 39.6. The maximum absolute atomic E-state index is 14.6. The van der Waals surface area contributed by atoms with Crippen LogP contribution < -0.4 is 31.2 Å². The molecule has 8 bridgehead atoms. The minimum absolute atomic E-state index is 0. The Morgan fingerprint density at radius 3 is 1.08 bits per heavy atom. The van der Waals surface area contributed by atoms with Crippen molar-refractivity contribution in [3.8, 4) is 44.5 Å². The van der Waals surface area contributed by atoms with Crippen LogP contribution in [0.2, 0.25) is 0 Å². The summed E-state index contributed by atoms with van der Waals surface area (Å²) < 4.78 is 2.14. The summed E-state index contributed by atoms with van der Waals surface area (Å²) in [5.74, 6) is 0.830. The molecule has 8 aromatic rings. The summed E-state index contributed by atoms with van der Waals surface area (Å²) in [5, 5.41) is 13.6. The van der Waals surface area contributed by atoms with Gasteiger partial charge in [0.15, 0.2) is 0 Å². The fourth-order valence-corrected chi connectivity index (χ4v) is 14.5. The van der Waals surface area contributed by atoms with Gasteiger partial charge in [-0.2, -0.15) is 0 Å². The molecule has 0 saturated heterocycles. The van der Waals surface area contributed by atoms with Crippen LogP contribution in [-0.2, 0) is 42.8 Å². The third-order valence-corrected chi connectivity index (χ3v) is 20.2. The number of nitrogens with zero attached hydrogens (tertiary/aromatic N) is 6. The molecular weight excluding hydrogens is 1200 g/mol. The number of hydrogen-bond donors (Lipinski definition) is 4. The molecule has 5 aliphatic rings. The van der Waals surface area contributed by atoms with Gasteiger partial charge in [-0.3, -0.25) is 19.2 Å². The Kier molecular flexibility index (Phi) is 19.1. The topological polar surface area (TPSA) is 188 Å². The number of aryl methyl sites for hydroxylation is 2. The molecule has 4 N–H and O–H groups in total. The second kappa shape index (κ2) is 27.7. The zero-order valence-corrected chi connectivity index (χ0v) is 54.9. The quantitative estimate of drug-likeness (QED) is 0.0508. The molecule has 6 heterocycles. The number of fused-ring (bicyclic) bond motifs is 8. The van der Waals surface area contributed by atoms with E-state index in [0.717, 1.165) is 150 Å². The number of carbonyl (C=O) groups is 4. The second-order valence-corrected chi connectivity index (χ2v) is 26.8. The number of para-hydroxylation sites is 4. The standard InChI is InChI=1S/C78H84N10O4.Fe/c1-51-79-48-50-88(51)49-24-5-9-33-68(89)84-56-29-14-10-25-52(56)69-60-34-36-62(80-60)70(53-26-11-15-30-57(53)85-73(90)76(2)42-18-6-19-43-76)64-38-40-66(82-64)72(55-28-13-17-32-59(55)87-75(92)78(4)46-22-8-23-47-78)67-41-39-65(83-67)71(63-37-35-61(69)81-63)54-27-12-16-31-58(54)86-74(91)77(3)44-20-7-21-45-77;/h10-17,25-32,34-41,48,50H,5-9,18-24,33,42-47,49H2,1-4H3,(H6,80,81,82,83,84,85,86,87,89,90,91,92);/q;+2/p-2. The van der Waals surface area contributed by atoms with Crippen molar-refractivity contribution in [2.24, 2.45) is 16.2 Å². The van der Waals surface area contributed by atoms with Crippen molar-refractivity contribution >= 4 is 92.7 Å². The van der Waals surface area contributed by atoms with E-state index in [-0.39, 0.29) is 40.7 Å². The van der Waals surface area contributed by atoms with Crippen LogP contribution in [0.25, 0.3) is 90.9 Å². The molecule has 14 nitrogen and oxygen atoms in total. The third-order valence-electron chi connectivity index (χ3n) is 20.2. The van der Waals surface area contributed by atoms with Crippen molar-refractivity contribution in [3.63, 3.8) is 0 Å². The molecule has 0 radical (unpaired) electrons. The van der Waals surface area contributed by atoms with E-state index in [2.05, 4.69) is 51.6 Å². The first-order valence-corrected chi connectivity index (χ1v) is 33.4. The van der Waals surface area contributed by atoms with Gasteiger partial charge in [-0.15, -0.1) is 22.1 Å². The maximum atomic E-state index is 14.6. The van der Waals surface area contributed by atoms with Crippen LogP contribution >= 0.6 is 0 Å². The van der Waals surface area contributed by atoms with E-state index in [1.165, 1.54) is 0 Å². The first-order valence-electron chi connectivity index (χ1n) is 33.4. The molecule has 476 valence electrons. The molecule has 0 spiro atoms. The van der Waals surface area contributed by atoms with E-state index in [9.17, 15) is 19.2 Å². The number of rotatable bonds is 17. The Balaban J connectivity index is 0.00000832. The molecule has 4 aromatic carbocycles. The van der Waals surface area contributed by atoms with Gasteiger partial charge in [0, 0.05) is 86.6 Å². The van der Waals surface area contributed by atoms with Gasteiger partial charge in [0.2, 0.25) is 23.6 Å². The number of aromatic nitrogens is 6. The number of amides is 4. The summed E-state index contributed by atoms with van der Waals surface area (Å²) in [6.07, 6.45) is 28.9. The van der Waals surface area contributed by atoms with E-state index in [1.807, 2.05) is 165 Å². The van der Waals surface area contributed by atoms with E-state index in [0.29, 0.717) is 96.3 Å². The van der Waals surface area contributed by atoms with Gasteiger partial charge < -0.3 is 35.8 Å². The fraction of sp³-hybridized carbons (Fsp3) is 0.346. The average molecular weight is 1280 g/mol. The zero-order valence-electron chi connectivity index (χ0n) is 53.8. The Labute approximate surface area is 555 Å². The number of imidazole rings is 1. The third kappa shape index (κ3) is 13.5. The number of nitrogens with one attached hydrogen (secondary N) is 4. The summed E-state index contributed by atoms with van der Waals surface area (Å²) in [6.45, 7) is 9.09. The van der Waals surface area contributed by atoms with Gasteiger partial charge in [-0.1, -0.05) is 182 Å². The number of benzene rings is 4. The Morgan fingerprint density at radius 2 is 0.753 bits per heavy atom. The smallest absolute Gasteiger partial charge is 0.657 e.